The van der Waals surface area contributed by atoms with Crippen LogP contribution in [0.25, 0.3) is 10.2 Å². The average molecular weight is 413 g/mol. The van der Waals surface area contributed by atoms with Crippen LogP contribution in [0.4, 0.5) is 0 Å². The third-order valence-corrected chi connectivity index (χ3v) is 6.02. The molecule has 0 aliphatic heterocycles. The summed E-state index contributed by atoms with van der Waals surface area (Å²) < 4.78 is 7.58. The maximum atomic E-state index is 12.4. The molecule has 0 unspecified atom stereocenters. The molecule has 7 heteroatoms. The second-order valence-corrected chi connectivity index (χ2v) is 8.05. The van der Waals surface area contributed by atoms with E-state index in [4.69, 9.17) is 4.74 Å². The summed E-state index contributed by atoms with van der Waals surface area (Å²) in [6.07, 6.45) is 2.12. The smallest absolute Gasteiger partial charge is 0.337 e. The highest BCUT2D eigenvalue weighted by molar-refractivity contribution is 7.99. The van der Waals surface area contributed by atoms with Gasteiger partial charge in [-0.2, -0.15) is 4.99 Å². The van der Waals surface area contributed by atoms with Gasteiger partial charge in [0.25, 0.3) is 0 Å². The number of rotatable bonds is 7. The molecule has 0 aliphatic rings. The number of thiazole rings is 1. The lowest BCUT2D eigenvalue weighted by Crippen LogP contribution is -2.16. The molecule has 1 heterocycles. The number of esters is 1. The molecule has 0 saturated heterocycles. The second-order valence-electron chi connectivity index (χ2n) is 5.88. The van der Waals surface area contributed by atoms with E-state index in [1.165, 1.54) is 18.4 Å². The van der Waals surface area contributed by atoms with Crippen molar-refractivity contribution >= 4 is 45.2 Å². The van der Waals surface area contributed by atoms with Crippen molar-refractivity contribution in [2.24, 2.45) is 4.99 Å². The zero-order valence-electron chi connectivity index (χ0n) is 15.5. The van der Waals surface area contributed by atoms with E-state index in [2.05, 4.69) is 11.6 Å². The Morgan fingerprint density at radius 1 is 1.25 bits per heavy atom. The maximum Gasteiger partial charge on any atom is 0.337 e. The normalized spacial score (nSPS) is 11.5. The Morgan fingerprint density at radius 2 is 2.04 bits per heavy atom. The van der Waals surface area contributed by atoms with Crippen molar-refractivity contribution in [3.05, 3.63) is 71.6 Å². The number of aromatic nitrogens is 1. The summed E-state index contributed by atoms with van der Waals surface area (Å²) in [6, 6.07) is 15.3. The predicted molar refractivity (Wildman–Crippen MR) is 114 cm³/mol. The van der Waals surface area contributed by atoms with Crippen molar-refractivity contribution in [3.8, 4) is 0 Å². The molecule has 28 heavy (non-hydrogen) atoms. The molecule has 3 aromatic rings. The highest BCUT2D eigenvalue weighted by atomic mass is 32.2. The molecular formula is C21H20N2O3S2. The van der Waals surface area contributed by atoms with Crippen LogP contribution in [0.15, 0.2) is 71.1 Å². The zero-order valence-corrected chi connectivity index (χ0v) is 17.1. The molecule has 0 spiro atoms. The number of ether oxygens (including phenoxy) is 1. The zero-order chi connectivity index (χ0) is 19.9. The van der Waals surface area contributed by atoms with Gasteiger partial charge in [0, 0.05) is 23.6 Å². The van der Waals surface area contributed by atoms with Gasteiger partial charge in [0.05, 0.1) is 22.9 Å². The van der Waals surface area contributed by atoms with Crippen molar-refractivity contribution in [2.75, 3.05) is 12.9 Å². The van der Waals surface area contributed by atoms with E-state index in [0.29, 0.717) is 29.1 Å². The van der Waals surface area contributed by atoms with Crippen LogP contribution in [0, 0.1) is 0 Å². The molecule has 0 radical (unpaired) electrons. The summed E-state index contributed by atoms with van der Waals surface area (Å²) in [5.41, 5.74) is 1.38. The van der Waals surface area contributed by atoms with Crippen molar-refractivity contribution in [1.29, 1.82) is 0 Å². The highest BCUT2D eigenvalue weighted by Crippen LogP contribution is 2.21. The molecular weight excluding hydrogens is 392 g/mol. The van der Waals surface area contributed by atoms with Crippen molar-refractivity contribution in [1.82, 2.24) is 4.57 Å². The van der Waals surface area contributed by atoms with Crippen LogP contribution in [0.2, 0.25) is 0 Å². The number of hydrogen-bond acceptors (Lipinski definition) is 5. The lowest BCUT2D eigenvalue weighted by atomic mass is 10.2. The van der Waals surface area contributed by atoms with Crippen molar-refractivity contribution in [3.63, 3.8) is 0 Å². The molecule has 3 rings (SSSR count). The Bertz CT molecular complexity index is 1070. The minimum absolute atomic E-state index is 0.166. The van der Waals surface area contributed by atoms with Gasteiger partial charge in [-0.05, 0) is 30.3 Å². The fourth-order valence-corrected chi connectivity index (χ4v) is 4.60. The number of carbonyl (C=O) groups excluding carboxylic acids is 2. The number of hydrogen-bond donors (Lipinski definition) is 0. The molecule has 0 aliphatic carbocycles. The van der Waals surface area contributed by atoms with Crippen LogP contribution in [-0.4, -0.2) is 29.3 Å². The summed E-state index contributed by atoms with van der Waals surface area (Å²) in [4.78, 5) is 30.2. The third kappa shape index (κ3) is 4.79. The molecule has 2 aromatic carbocycles. The van der Waals surface area contributed by atoms with E-state index in [9.17, 15) is 9.59 Å². The van der Waals surface area contributed by atoms with Gasteiger partial charge in [0.1, 0.15) is 0 Å². The Kier molecular flexibility index (Phi) is 6.84. The summed E-state index contributed by atoms with van der Waals surface area (Å²) >= 11 is 3.01. The highest BCUT2D eigenvalue weighted by Gasteiger charge is 2.11. The molecule has 0 fully saturated rings. The van der Waals surface area contributed by atoms with E-state index in [0.717, 1.165) is 15.1 Å². The van der Waals surface area contributed by atoms with Crippen LogP contribution in [0.5, 0.6) is 0 Å². The van der Waals surface area contributed by atoms with E-state index >= 15 is 0 Å². The van der Waals surface area contributed by atoms with Crippen LogP contribution in [-0.2, 0) is 16.1 Å². The fraction of sp³-hybridized carbons (Fsp3) is 0.190. The number of allylic oxidation sites excluding steroid dienone is 1. The number of nitrogens with zero attached hydrogens (tertiary/aromatic N) is 2. The number of fused-ring (bicyclic) bond motifs is 1. The van der Waals surface area contributed by atoms with Gasteiger partial charge < -0.3 is 9.30 Å². The van der Waals surface area contributed by atoms with Crippen molar-refractivity contribution < 1.29 is 14.3 Å². The molecule has 144 valence electrons. The molecule has 0 bridgehead atoms. The topological polar surface area (TPSA) is 60.7 Å². The van der Waals surface area contributed by atoms with Gasteiger partial charge >= 0.3 is 5.97 Å². The lowest BCUT2D eigenvalue weighted by molar-refractivity contribution is -0.117. The lowest BCUT2D eigenvalue weighted by Gasteiger charge is -2.02. The number of amides is 1. The van der Waals surface area contributed by atoms with E-state index in [1.807, 2.05) is 41.0 Å². The Hall–Kier alpha value is -2.64. The van der Waals surface area contributed by atoms with Gasteiger partial charge in [-0.15, -0.1) is 18.3 Å². The van der Waals surface area contributed by atoms with Gasteiger partial charge in [0.15, 0.2) is 4.80 Å². The largest absolute Gasteiger partial charge is 0.465 e. The molecule has 0 saturated carbocycles. The van der Waals surface area contributed by atoms with Crippen LogP contribution >= 0.6 is 23.1 Å². The summed E-state index contributed by atoms with van der Waals surface area (Å²) in [6.45, 7) is 4.31. The van der Waals surface area contributed by atoms with Crippen LogP contribution < -0.4 is 4.80 Å². The first-order chi connectivity index (χ1) is 13.6. The predicted octanol–water partition coefficient (Wildman–Crippen LogP) is 4.29. The van der Waals surface area contributed by atoms with Crippen LogP contribution in [0.3, 0.4) is 0 Å². The van der Waals surface area contributed by atoms with Gasteiger partial charge in [0.2, 0.25) is 5.91 Å². The first kappa shape index (κ1) is 20.1. The number of thioether (sulfide) groups is 1. The quantitative estimate of drug-likeness (QED) is 0.330. The first-order valence-corrected chi connectivity index (χ1v) is 10.5. The Balaban J connectivity index is 1.83. The van der Waals surface area contributed by atoms with E-state index < -0.39 is 5.97 Å². The standard InChI is InChI=1S/C21H20N2O3S2/c1-3-12-23-17-10-9-15(20(25)26-2)14-18(17)28-21(23)22-19(24)11-13-27-16-7-5-4-6-8-16/h3-10,14H,1,11-13H2,2H3. The molecule has 0 atom stereocenters. The van der Waals surface area contributed by atoms with Crippen LogP contribution in [0.1, 0.15) is 16.8 Å². The van der Waals surface area contributed by atoms with Gasteiger partial charge in [-0.3, -0.25) is 4.79 Å². The summed E-state index contributed by atoms with van der Waals surface area (Å²) in [5.74, 6) is 0.115. The van der Waals surface area contributed by atoms with E-state index in [1.54, 1.807) is 30.0 Å². The van der Waals surface area contributed by atoms with Gasteiger partial charge in [-0.1, -0.05) is 35.6 Å². The maximum absolute atomic E-state index is 12.4. The van der Waals surface area contributed by atoms with Gasteiger partial charge in [-0.25, -0.2) is 4.79 Å². The number of benzene rings is 2. The molecule has 1 amide bonds. The SMILES string of the molecule is C=CCn1c(=NC(=O)CCSc2ccccc2)sc2cc(C(=O)OC)ccc21. The monoisotopic (exact) mass is 412 g/mol. The van der Waals surface area contributed by atoms with Crippen molar-refractivity contribution in [2.45, 2.75) is 17.9 Å². The third-order valence-electron chi connectivity index (χ3n) is 3.96. The minimum Gasteiger partial charge on any atom is -0.465 e. The molecule has 1 aromatic heterocycles. The summed E-state index contributed by atoms with van der Waals surface area (Å²) in [7, 11) is 1.35. The summed E-state index contributed by atoms with van der Waals surface area (Å²) in [5, 5.41) is 0. The number of methoxy groups -OCH3 is 1. The Morgan fingerprint density at radius 3 is 2.75 bits per heavy atom. The van der Waals surface area contributed by atoms with E-state index in [-0.39, 0.29) is 5.91 Å². The number of carbonyl (C=O) groups is 2. The first-order valence-electron chi connectivity index (χ1n) is 8.70. The molecule has 0 N–H and O–H groups in total. The average Bonchev–Trinajstić information content (AvgIpc) is 3.04. The molecule has 5 nitrogen and oxygen atoms in total. The minimum atomic E-state index is -0.391. The second kappa shape index (κ2) is 9.52. The fourth-order valence-electron chi connectivity index (χ4n) is 2.64. The Labute approximate surface area is 171 Å².